The summed E-state index contributed by atoms with van der Waals surface area (Å²) in [7, 11) is 0. The van der Waals surface area contributed by atoms with Gasteiger partial charge in [0.1, 0.15) is 0 Å². The molecule has 4 unspecified atom stereocenters. The highest BCUT2D eigenvalue weighted by Crippen LogP contribution is 2.62. The van der Waals surface area contributed by atoms with Crippen LogP contribution in [0.15, 0.2) is 0 Å². The van der Waals surface area contributed by atoms with E-state index in [0.29, 0.717) is 0 Å². The molecular weight excluding hydrogens is 192 g/mol. The molecule has 2 aliphatic heterocycles. The zero-order chi connectivity index (χ0) is 10.9. The Labute approximate surface area is 90.1 Å². The van der Waals surface area contributed by atoms with Crippen LogP contribution in [0.4, 0.5) is 0 Å². The highest BCUT2D eigenvalue weighted by atomic mass is 16.7. The molecule has 0 radical (unpaired) electrons. The molecule has 2 heterocycles. The van der Waals surface area contributed by atoms with E-state index in [1.165, 1.54) is 0 Å². The van der Waals surface area contributed by atoms with Gasteiger partial charge in [-0.25, -0.2) is 0 Å². The first-order chi connectivity index (χ1) is 6.85. The van der Waals surface area contributed by atoms with Crippen LogP contribution in [0.1, 0.15) is 40.0 Å². The quantitative estimate of drug-likeness (QED) is 0.574. The van der Waals surface area contributed by atoms with Crippen molar-refractivity contribution >= 4 is 5.97 Å². The summed E-state index contributed by atoms with van der Waals surface area (Å²) in [5, 5.41) is 0. The fourth-order valence-corrected chi connectivity index (χ4v) is 4.30. The fourth-order valence-electron chi connectivity index (χ4n) is 4.30. The van der Waals surface area contributed by atoms with E-state index in [2.05, 4.69) is 13.8 Å². The third-order valence-electron chi connectivity index (χ3n) is 4.30. The summed E-state index contributed by atoms with van der Waals surface area (Å²) in [5.41, 5.74) is -0.0758. The molecule has 0 aromatic heterocycles. The Morgan fingerprint density at radius 1 is 1.20 bits per heavy atom. The van der Waals surface area contributed by atoms with Gasteiger partial charge in [-0.15, -0.1) is 0 Å². The van der Waals surface area contributed by atoms with Crippen LogP contribution in [-0.4, -0.2) is 18.9 Å². The summed E-state index contributed by atoms with van der Waals surface area (Å²) in [6.45, 7) is 7.21. The Bertz CT molecular complexity index is 336. The summed E-state index contributed by atoms with van der Waals surface area (Å²) < 4.78 is 11.1. The number of hydrogen-bond donors (Lipinski definition) is 0. The predicted molar refractivity (Wildman–Crippen MR) is 54.0 cm³/mol. The van der Waals surface area contributed by atoms with Crippen molar-refractivity contribution in [2.24, 2.45) is 16.2 Å². The van der Waals surface area contributed by atoms with Crippen molar-refractivity contribution in [2.45, 2.75) is 46.3 Å². The molecule has 1 saturated carbocycles. The molecule has 0 spiro atoms. The van der Waals surface area contributed by atoms with Crippen molar-refractivity contribution in [3.05, 3.63) is 0 Å². The average molecular weight is 210 g/mol. The molecular formula is C12H18O3. The molecule has 0 aromatic carbocycles. The average Bonchev–Trinajstić information content (AvgIpc) is 2.05. The van der Waals surface area contributed by atoms with E-state index in [9.17, 15) is 4.79 Å². The lowest BCUT2D eigenvalue weighted by Crippen LogP contribution is -2.62. The van der Waals surface area contributed by atoms with Crippen LogP contribution in [0.3, 0.4) is 0 Å². The standard InChI is InChI=1S/C12H18O3/c1-10-4-11(2)6-12(3,5-10)9(14-7-10)15-8(11)13/h9H,4-7H2,1-3H3. The van der Waals surface area contributed by atoms with Crippen molar-refractivity contribution in [2.75, 3.05) is 6.61 Å². The van der Waals surface area contributed by atoms with Gasteiger partial charge in [0, 0.05) is 5.41 Å². The van der Waals surface area contributed by atoms with E-state index in [1.54, 1.807) is 0 Å². The van der Waals surface area contributed by atoms with Crippen LogP contribution in [0.2, 0.25) is 0 Å². The summed E-state index contributed by atoms with van der Waals surface area (Å²) in [4.78, 5) is 11.9. The number of hydrogen-bond acceptors (Lipinski definition) is 3. The summed E-state index contributed by atoms with van der Waals surface area (Å²) in [6, 6.07) is 0. The normalized spacial score (nSPS) is 57.8. The van der Waals surface area contributed by atoms with Crippen LogP contribution in [-0.2, 0) is 14.3 Å². The molecule has 3 rings (SSSR count). The number of carbonyl (C=O) groups is 1. The highest BCUT2D eigenvalue weighted by Gasteiger charge is 2.63. The van der Waals surface area contributed by atoms with Crippen molar-refractivity contribution in [1.82, 2.24) is 0 Å². The van der Waals surface area contributed by atoms with Gasteiger partial charge < -0.3 is 9.47 Å². The third-order valence-corrected chi connectivity index (χ3v) is 4.30. The molecule has 3 bridgehead atoms. The number of esters is 1. The Hall–Kier alpha value is -0.570. The minimum absolute atomic E-state index is 0.0356. The Balaban J connectivity index is 2.08. The van der Waals surface area contributed by atoms with E-state index in [4.69, 9.17) is 9.47 Å². The van der Waals surface area contributed by atoms with Gasteiger partial charge in [-0.3, -0.25) is 4.79 Å². The monoisotopic (exact) mass is 210 g/mol. The largest absolute Gasteiger partial charge is 0.435 e. The summed E-state index contributed by atoms with van der Waals surface area (Å²) >= 11 is 0. The third kappa shape index (κ3) is 1.13. The number of ether oxygens (including phenoxy) is 2. The van der Waals surface area contributed by atoms with Crippen molar-refractivity contribution in [3.63, 3.8) is 0 Å². The molecule has 1 aliphatic carbocycles. The maximum atomic E-state index is 11.9. The molecule has 3 fully saturated rings. The topological polar surface area (TPSA) is 35.5 Å². The lowest BCUT2D eigenvalue weighted by molar-refractivity contribution is -0.306. The van der Waals surface area contributed by atoms with Crippen molar-refractivity contribution in [3.8, 4) is 0 Å². The summed E-state index contributed by atoms with van der Waals surface area (Å²) in [5.74, 6) is -0.0596. The molecule has 0 N–H and O–H groups in total. The SMILES string of the molecule is CC12COC3OC(=O)C(C)(C1)CC3(C)C2. The second-order valence-corrected chi connectivity index (χ2v) is 6.60. The van der Waals surface area contributed by atoms with Crippen LogP contribution in [0.25, 0.3) is 0 Å². The van der Waals surface area contributed by atoms with Gasteiger partial charge in [0.15, 0.2) is 0 Å². The minimum Gasteiger partial charge on any atom is -0.435 e. The molecule has 2 saturated heterocycles. The zero-order valence-corrected chi connectivity index (χ0v) is 9.63. The predicted octanol–water partition coefficient (Wildman–Crippen LogP) is 2.10. The second-order valence-electron chi connectivity index (χ2n) is 6.60. The van der Waals surface area contributed by atoms with Crippen molar-refractivity contribution in [1.29, 1.82) is 0 Å². The van der Waals surface area contributed by atoms with Crippen LogP contribution in [0, 0.1) is 16.2 Å². The van der Waals surface area contributed by atoms with Crippen LogP contribution >= 0.6 is 0 Å². The number of carbonyl (C=O) groups excluding carboxylic acids is 1. The molecule has 15 heavy (non-hydrogen) atoms. The van der Waals surface area contributed by atoms with Gasteiger partial charge in [-0.05, 0) is 31.6 Å². The van der Waals surface area contributed by atoms with E-state index < -0.39 is 0 Å². The highest BCUT2D eigenvalue weighted by molar-refractivity contribution is 5.78. The van der Waals surface area contributed by atoms with Gasteiger partial charge >= 0.3 is 5.97 Å². The van der Waals surface area contributed by atoms with Crippen molar-refractivity contribution < 1.29 is 14.3 Å². The summed E-state index contributed by atoms with van der Waals surface area (Å²) in [6.07, 6.45) is 2.64. The molecule has 4 atom stereocenters. The fraction of sp³-hybridized carbons (Fsp3) is 0.917. The first kappa shape index (κ1) is 9.64. The molecule has 0 aromatic rings. The number of fused-ring (bicyclic) bond motifs is 2. The Morgan fingerprint density at radius 2 is 1.93 bits per heavy atom. The molecule has 3 nitrogen and oxygen atoms in total. The number of rotatable bonds is 0. The lowest BCUT2D eigenvalue weighted by Gasteiger charge is -2.60. The van der Waals surface area contributed by atoms with E-state index in [-0.39, 0.29) is 28.5 Å². The Kier molecular flexibility index (Phi) is 1.54. The first-order valence-corrected chi connectivity index (χ1v) is 5.68. The molecule has 84 valence electrons. The van der Waals surface area contributed by atoms with Gasteiger partial charge in [0.25, 0.3) is 0 Å². The maximum Gasteiger partial charge on any atom is 0.314 e. The van der Waals surface area contributed by atoms with E-state index in [1.807, 2.05) is 6.92 Å². The second kappa shape index (κ2) is 2.40. The van der Waals surface area contributed by atoms with Gasteiger partial charge in [0.2, 0.25) is 6.29 Å². The first-order valence-electron chi connectivity index (χ1n) is 5.68. The molecule has 3 heteroatoms. The Morgan fingerprint density at radius 3 is 2.67 bits per heavy atom. The van der Waals surface area contributed by atoms with Gasteiger partial charge in [0.05, 0.1) is 12.0 Å². The van der Waals surface area contributed by atoms with Crippen LogP contribution in [0.5, 0.6) is 0 Å². The van der Waals surface area contributed by atoms with E-state index in [0.717, 1.165) is 25.9 Å². The lowest BCUT2D eigenvalue weighted by atomic mass is 9.52. The zero-order valence-electron chi connectivity index (χ0n) is 9.63. The van der Waals surface area contributed by atoms with Crippen LogP contribution < -0.4 is 0 Å². The smallest absolute Gasteiger partial charge is 0.314 e. The minimum atomic E-state index is -0.300. The van der Waals surface area contributed by atoms with Gasteiger partial charge in [-0.1, -0.05) is 13.8 Å². The van der Waals surface area contributed by atoms with E-state index >= 15 is 0 Å². The molecule has 3 aliphatic rings. The molecule has 0 amide bonds. The maximum absolute atomic E-state index is 11.9. The van der Waals surface area contributed by atoms with Gasteiger partial charge in [-0.2, -0.15) is 0 Å².